The van der Waals surface area contributed by atoms with E-state index in [4.69, 9.17) is 4.74 Å². The van der Waals surface area contributed by atoms with Crippen molar-refractivity contribution < 1.29 is 14.6 Å². The first-order valence-electron chi connectivity index (χ1n) is 5.36. The molecular formula is C14H13AlO3. The third-order valence-corrected chi connectivity index (χ3v) is 2.93. The Balaban J connectivity index is 0.00000120. The fraction of sp³-hybridized carbons (Fsp3) is 0.0714. The number of carboxylic acid groups (broad SMARTS) is 1. The van der Waals surface area contributed by atoms with Crippen LogP contribution in [0.4, 0.5) is 0 Å². The normalized spacial score (nSPS) is 12.7. The summed E-state index contributed by atoms with van der Waals surface area (Å²) in [6.45, 7) is 0. The molecule has 4 heteroatoms. The zero-order chi connectivity index (χ0) is 11.8. The van der Waals surface area contributed by atoms with E-state index in [-0.39, 0.29) is 17.4 Å². The van der Waals surface area contributed by atoms with Crippen LogP contribution in [0.25, 0.3) is 0 Å². The molecule has 0 atom stereocenters. The van der Waals surface area contributed by atoms with Crippen LogP contribution in [0, 0.1) is 0 Å². The van der Waals surface area contributed by atoms with Crippen LogP contribution in [0.3, 0.4) is 0 Å². The van der Waals surface area contributed by atoms with E-state index in [1.165, 1.54) is 0 Å². The number of hydrogen-bond donors (Lipinski definition) is 1. The summed E-state index contributed by atoms with van der Waals surface area (Å²) < 4.78 is 5.69. The van der Waals surface area contributed by atoms with Gasteiger partial charge in [-0.2, -0.15) is 0 Å². The summed E-state index contributed by atoms with van der Waals surface area (Å²) in [6, 6.07) is 14.5. The first kappa shape index (κ1) is 12.7. The molecule has 1 N–H and O–H groups in total. The molecule has 0 aliphatic carbocycles. The summed E-state index contributed by atoms with van der Waals surface area (Å²) in [5, 5.41) is 9.38. The van der Waals surface area contributed by atoms with Crippen LogP contribution in [0.2, 0.25) is 0 Å². The van der Waals surface area contributed by atoms with E-state index in [0.29, 0.717) is 22.6 Å². The average Bonchev–Trinajstić information content (AvgIpc) is 2.35. The molecule has 2 aromatic carbocycles. The second kappa shape index (κ2) is 4.85. The van der Waals surface area contributed by atoms with Gasteiger partial charge in [-0.05, 0) is 12.1 Å². The maximum atomic E-state index is 11.4. The smallest absolute Gasteiger partial charge is 0.315 e. The van der Waals surface area contributed by atoms with Gasteiger partial charge in [0.2, 0.25) is 0 Å². The molecule has 0 saturated carbocycles. The van der Waals surface area contributed by atoms with E-state index >= 15 is 0 Å². The van der Waals surface area contributed by atoms with Gasteiger partial charge in [0.1, 0.15) is 17.4 Å². The summed E-state index contributed by atoms with van der Waals surface area (Å²) in [5.41, 5.74) is 1.41. The largest absolute Gasteiger partial charge is 0.481 e. The van der Waals surface area contributed by atoms with Gasteiger partial charge in [0.15, 0.2) is 17.4 Å². The summed E-state index contributed by atoms with van der Waals surface area (Å²) in [4.78, 5) is 11.4. The predicted octanol–water partition coefficient (Wildman–Crippen LogP) is 1.82. The highest BCUT2D eigenvalue weighted by atomic mass is 27.0. The fourth-order valence-corrected chi connectivity index (χ4v) is 2.18. The lowest BCUT2D eigenvalue weighted by molar-refractivity contribution is -0.137. The van der Waals surface area contributed by atoms with Gasteiger partial charge in [-0.3, -0.25) is 4.79 Å². The molecule has 1 aliphatic rings. The molecule has 3 nitrogen and oxygen atoms in total. The SMILES string of the molecule is O=C(O)C1c2ccccc2Oc2ccccc21.[AlH3]. The van der Waals surface area contributed by atoms with Crippen molar-refractivity contribution in [3.8, 4) is 11.5 Å². The molecule has 2 aromatic rings. The number of carbonyl (C=O) groups is 1. The van der Waals surface area contributed by atoms with Crippen LogP contribution in [-0.2, 0) is 4.79 Å². The Hall–Kier alpha value is -1.76. The Kier molecular flexibility index (Phi) is 3.42. The van der Waals surface area contributed by atoms with Crippen LogP contribution in [0.1, 0.15) is 17.0 Å². The van der Waals surface area contributed by atoms with Crippen molar-refractivity contribution in [2.75, 3.05) is 0 Å². The van der Waals surface area contributed by atoms with Crippen LogP contribution in [0.15, 0.2) is 48.5 Å². The Bertz CT molecular complexity index is 550. The maximum Gasteiger partial charge on any atom is 0.315 e. The highest BCUT2D eigenvalue weighted by molar-refractivity contribution is 5.83. The third kappa shape index (κ3) is 1.90. The van der Waals surface area contributed by atoms with Crippen molar-refractivity contribution >= 4 is 23.3 Å². The molecule has 0 spiro atoms. The van der Waals surface area contributed by atoms with Gasteiger partial charge in [0.05, 0.1) is 0 Å². The number of benzene rings is 2. The minimum atomic E-state index is -0.854. The van der Waals surface area contributed by atoms with Crippen molar-refractivity contribution in [2.24, 2.45) is 0 Å². The second-order valence-corrected chi connectivity index (χ2v) is 3.95. The first-order chi connectivity index (χ1) is 8.27. The summed E-state index contributed by atoms with van der Waals surface area (Å²) >= 11 is 0. The molecule has 0 aromatic heterocycles. The lowest BCUT2D eigenvalue weighted by Gasteiger charge is -2.25. The number of rotatable bonds is 1. The number of carboxylic acids is 1. The van der Waals surface area contributed by atoms with E-state index in [9.17, 15) is 9.90 Å². The van der Waals surface area contributed by atoms with Crippen molar-refractivity contribution in [1.29, 1.82) is 0 Å². The number of ether oxygens (including phenoxy) is 1. The number of hydrogen-bond acceptors (Lipinski definition) is 2. The van der Waals surface area contributed by atoms with E-state index in [1.54, 1.807) is 24.3 Å². The molecule has 0 amide bonds. The molecule has 0 saturated heterocycles. The molecule has 3 rings (SSSR count). The number of fused-ring (bicyclic) bond motifs is 2. The molecule has 0 radical (unpaired) electrons. The van der Waals surface area contributed by atoms with Crippen molar-refractivity contribution in [3.05, 3.63) is 59.7 Å². The Morgan fingerprint density at radius 3 is 1.83 bits per heavy atom. The first-order valence-corrected chi connectivity index (χ1v) is 5.36. The third-order valence-electron chi connectivity index (χ3n) is 2.93. The minimum absolute atomic E-state index is 0. The lowest BCUT2D eigenvalue weighted by atomic mass is 9.88. The Morgan fingerprint density at radius 2 is 1.39 bits per heavy atom. The van der Waals surface area contributed by atoms with Crippen LogP contribution < -0.4 is 4.74 Å². The number of aliphatic carboxylic acids is 1. The standard InChI is InChI=1S/C14H10O3.Al.3H/c15-14(16)13-9-5-1-3-7-11(9)17-12-8-4-2-6-10(12)13;;;;/h1-8,13H,(H,15,16);;;;. The van der Waals surface area contributed by atoms with Gasteiger partial charge in [0.25, 0.3) is 0 Å². The van der Waals surface area contributed by atoms with E-state index in [0.717, 1.165) is 0 Å². The number of para-hydroxylation sites is 2. The van der Waals surface area contributed by atoms with Gasteiger partial charge >= 0.3 is 5.97 Å². The van der Waals surface area contributed by atoms with Gasteiger partial charge in [-0.15, -0.1) is 0 Å². The van der Waals surface area contributed by atoms with E-state index in [1.807, 2.05) is 24.3 Å². The minimum Gasteiger partial charge on any atom is -0.481 e. The van der Waals surface area contributed by atoms with Crippen molar-refractivity contribution in [3.63, 3.8) is 0 Å². The maximum absolute atomic E-state index is 11.4. The van der Waals surface area contributed by atoms with Gasteiger partial charge < -0.3 is 9.84 Å². The molecule has 0 bridgehead atoms. The van der Waals surface area contributed by atoms with Crippen molar-refractivity contribution in [1.82, 2.24) is 0 Å². The van der Waals surface area contributed by atoms with E-state index in [2.05, 4.69) is 0 Å². The van der Waals surface area contributed by atoms with Gasteiger partial charge in [-0.1, -0.05) is 36.4 Å². The highest BCUT2D eigenvalue weighted by Crippen LogP contribution is 2.43. The second-order valence-electron chi connectivity index (χ2n) is 3.95. The molecule has 18 heavy (non-hydrogen) atoms. The van der Waals surface area contributed by atoms with Gasteiger partial charge in [0, 0.05) is 11.1 Å². The highest BCUT2D eigenvalue weighted by Gasteiger charge is 2.31. The molecule has 90 valence electrons. The quantitative estimate of drug-likeness (QED) is 0.792. The monoisotopic (exact) mass is 256 g/mol. The molecular weight excluding hydrogens is 243 g/mol. The van der Waals surface area contributed by atoms with E-state index < -0.39 is 11.9 Å². The Morgan fingerprint density at radius 1 is 0.944 bits per heavy atom. The topological polar surface area (TPSA) is 46.5 Å². The van der Waals surface area contributed by atoms with Crippen LogP contribution in [0.5, 0.6) is 11.5 Å². The summed E-state index contributed by atoms with van der Waals surface area (Å²) in [5.74, 6) is -0.249. The predicted molar refractivity (Wildman–Crippen MR) is 72.4 cm³/mol. The summed E-state index contributed by atoms with van der Waals surface area (Å²) in [6.07, 6.45) is 0. The van der Waals surface area contributed by atoms with Gasteiger partial charge in [-0.25, -0.2) is 0 Å². The molecule has 1 aliphatic heterocycles. The van der Waals surface area contributed by atoms with Crippen LogP contribution >= 0.6 is 0 Å². The fourth-order valence-electron chi connectivity index (χ4n) is 2.18. The van der Waals surface area contributed by atoms with Crippen LogP contribution in [-0.4, -0.2) is 28.4 Å². The molecule has 0 unspecified atom stereocenters. The average molecular weight is 256 g/mol. The Labute approximate surface area is 115 Å². The van der Waals surface area contributed by atoms with Crippen molar-refractivity contribution in [2.45, 2.75) is 5.92 Å². The summed E-state index contributed by atoms with van der Waals surface area (Å²) in [7, 11) is 0. The molecule has 1 heterocycles. The zero-order valence-corrected chi connectivity index (χ0v) is 8.96. The molecule has 0 fully saturated rings. The zero-order valence-electron chi connectivity index (χ0n) is 8.96. The lowest BCUT2D eigenvalue weighted by Crippen LogP contribution is -2.18.